The molecule has 5 nitrogen and oxygen atoms in total. The van der Waals surface area contributed by atoms with E-state index in [1.165, 1.54) is 0 Å². The Hall–Kier alpha value is -1.20. The minimum atomic E-state index is -0.761. The average Bonchev–Trinajstić information content (AvgIpc) is 2.82. The van der Waals surface area contributed by atoms with Crippen molar-refractivity contribution in [2.45, 2.75) is 89.8 Å². The molecule has 5 heteroatoms. The van der Waals surface area contributed by atoms with Crippen LogP contribution in [-0.2, 0) is 9.59 Å². The minimum Gasteiger partial charge on any atom is -0.481 e. The van der Waals surface area contributed by atoms with Crippen LogP contribution in [0.3, 0.4) is 0 Å². The Kier molecular flexibility index (Phi) is 10.7. The lowest BCUT2D eigenvalue weighted by Crippen LogP contribution is -2.20. The van der Waals surface area contributed by atoms with Crippen molar-refractivity contribution in [3.8, 4) is 0 Å². The SMILES string of the molecule is CCCCCC(=O)/C=C/[C@@H]1[C@@H](CCCCCCC(=O)O)[C@H](O)C[C@H]1O. The highest BCUT2D eigenvalue weighted by molar-refractivity contribution is 5.89. The zero-order valence-electron chi connectivity index (χ0n) is 15.4. The highest BCUT2D eigenvalue weighted by atomic mass is 16.4. The molecule has 0 aromatic rings. The van der Waals surface area contributed by atoms with Crippen molar-refractivity contribution in [1.82, 2.24) is 0 Å². The first-order valence-corrected chi connectivity index (χ1v) is 9.74. The van der Waals surface area contributed by atoms with Crippen LogP contribution in [0.25, 0.3) is 0 Å². The van der Waals surface area contributed by atoms with E-state index in [0.717, 1.165) is 44.9 Å². The fourth-order valence-electron chi connectivity index (χ4n) is 3.64. The van der Waals surface area contributed by atoms with E-state index in [2.05, 4.69) is 6.92 Å². The summed E-state index contributed by atoms with van der Waals surface area (Å²) >= 11 is 0. The topological polar surface area (TPSA) is 94.8 Å². The summed E-state index contributed by atoms with van der Waals surface area (Å²) in [5, 5.41) is 29.0. The fraction of sp³-hybridized carbons (Fsp3) is 0.800. The van der Waals surface area contributed by atoms with Crippen molar-refractivity contribution in [2.24, 2.45) is 11.8 Å². The molecule has 0 spiro atoms. The molecule has 0 amide bonds. The van der Waals surface area contributed by atoms with Gasteiger partial charge in [0.25, 0.3) is 0 Å². The van der Waals surface area contributed by atoms with Gasteiger partial charge in [-0.05, 0) is 31.3 Å². The normalized spacial score (nSPS) is 26.4. The third kappa shape index (κ3) is 8.63. The molecule has 0 aromatic heterocycles. The number of rotatable bonds is 13. The van der Waals surface area contributed by atoms with E-state index in [4.69, 9.17) is 5.11 Å². The van der Waals surface area contributed by atoms with Gasteiger partial charge in [0.1, 0.15) is 0 Å². The van der Waals surface area contributed by atoms with Crippen molar-refractivity contribution >= 4 is 11.8 Å². The maximum Gasteiger partial charge on any atom is 0.303 e. The number of carbonyl (C=O) groups is 2. The summed E-state index contributed by atoms with van der Waals surface area (Å²) in [5.74, 6) is -0.851. The van der Waals surface area contributed by atoms with Gasteiger partial charge in [0.05, 0.1) is 12.2 Å². The maximum atomic E-state index is 11.9. The molecule has 0 unspecified atom stereocenters. The summed E-state index contributed by atoms with van der Waals surface area (Å²) < 4.78 is 0. The lowest BCUT2D eigenvalue weighted by atomic mass is 9.88. The first-order valence-electron chi connectivity index (χ1n) is 9.74. The molecule has 0 bridgehead atoms. The zero-order chi connectivity index (χ0) is 18.7. The zero-order valence-corrected chi connectivity index (χ0v) is 15.4. The predicted molar refractivity (Wildman–Crippen MR) is 97.2 cm³/mol. The lowest BCUT2D eigenvalue weighted by Gasteiger charge is -2.20. The second-order valence-corrected chi connectivity index (χ2v) is 7.24. The monoisotopic (exact) mass is 354 g/mol. The van der Waals surface area contributed by atoms with Gasteiger partial charge in [-0.25, -0.2) is 0 Å². The van der Waals surface area contributed by atoms with Crippen molar-refractivity contribution in [1.29, 1.82) is 0 Å². The van der Waals surface area contributed by atoms with Gasteiger partial charge in [0, 0.05) is 25.2 Å². The summed E-state index contributed by atoms with van der Waals surface area (Å²) in [7, 11) is 0. The van der Waals surface area contributed by atoms with Gasteiger partial charge in [-0.2, -0.15) is 0 Å². The predicted octanol–water partition coefficient (Wildman–Crippen LogP) is 3.48. The first kappa shape index (κ1) is 21.8. The highest BCUT2D eigenvalue weighted by Gasteiger charge is 2.39. The molecule has 1 aliphatic rings. The molecule has 0 aromatic carbocycles. The molecular weight excluding hydrogens is 320 g/mol. The number of aliphatic hydroxyl groups excluding tert-OH is 2. The molecular formula is C20H34O5. The quantitative estimate of drug-likeness (QED) is 0.348. The van der Waals surface area contributed by atoms with E-state index in [1.807, 2.05) is 0 Å². The Morgan fingerprint density at radius 3 is 2.32 bits per heavy atom. The Balaban J connectivity index is 2.39. The first-order chi connectivity index (χ1) is 12.0. The summed E-state index contributed by atoms with van der Waals surface area (Å²) in [6.07, 6.45) is 10.6. The van der Waals surface area contributed by atoms with Gasteiger partial charge >= 0.3 is 5.97 Å². The minimum absolute atomic E-state index is 0.0193. The van der Waals surface area contributed by atoms with E-state index < -0.39 is 18.2 Å². The maximum absolute atomic E-state index is 11.9. The summed E-state index contributed by atoms with van der Waals surface area (Å²) in [6, 6.07) is 0. The number of carboxylic acids is 1. The molecule has 4 atom stereocenters. The molecule has 0 radical (unpaired) electrons. The van der Waals surface area contributed by atoms with Crippen LogP contribution in [-0.4, -0.2) is 39.3 Å². The molecule has 0 saturated heterocycles. The number of allylic oxidation sites excluding steroid dienone is 1. The number of unbranched alkanes of at least 4 members (excludes halogenated alkanes) is 5. The van der Waals surface area contributed by atoms with Crippen LogP contribution in [0, 0.1) is 11.8 Å². The number of aliphatic carboxylic acids is 1. The molecule has 3 N–H and O–H groups in total. The number of hydrogen-bond acceptors (Lipinski definition) is 4. The van der Waals surface area contributed by atoms with Crippen molar-refractivity contribution < 1.29 is 24.9 Å². The van der Waals surface area contributed by atoms with Crippen LogP contribution in [0.4, 0.5) is 0 Å². The van der Waals surface area contributed by atoms with Gasteiger partial charge in [-0.1, -0.05) is 45.1 Å². The largest absolute Gasteiger partial charge is 0.481 e. The molecule has 1 saturated carbocycles. The number of ketones is 1. The lowest BCUT2D eigenvalue weighted by molar-refractivity contribution is -0.137. The van der Waals surface area contributed by atoms with Crippen molar-refractivity contribution in [3.05, 3.63) is 12.2 Å². The van der Waals surface area contributed by atoms with Gasteiger partial charge in [-0.3, -0.25) is 9.59 Å². The van der Waals surface area contributed by atoms with Crippen LogP contribution in [0.1, 0.15) is 77.6 Å². The van der Waals surface area contributed by atoms with E-state index >= 15 is 0 Å². The fourth-order valence-corrected chi connectivity index (χ4v) is 3.64. The smallest absolute Gasteiger partial charge is 0.303 e. The van der Waals surface area contributed by atoms with Crippen molar-refractivity contribution in [3.63, 3.8) is 0 Å². The number of hydrogen-bond donors (Lipinski definition) is 3. The third-order valence-corrected chi connectivity index (χ3v) is 5.13. The molecule has 0 heterocycles. The van der Waals surface area contributed by atoms with Gasteiger partial charge in [0.2, 0.25) is 0 Å². The summed E-state index contributed by atoms with van der Waals surface area (Å²) in [5.41, 5.74) is 0. The van der Waals surface area contributed by atoms with Gasteiger partial charge in [0.15, 0.2) is 5.78 Å². The van der Waals surface area contributed by atoms with E-state index in [9.17, 15) is 19.8 Å². The van der Waals surface area contributed by atoms with Crippen molar-refractivity contribution in [2.75, 3.05) is 0 Å². The Bertz CT molecular complexity index is 432. The van der Waals surface area contributed by atoms with Crippen LogP contribution in [0.2, 0.25) is 0 Å². The second-order valence-electron chi connectivity index (χ2n) is 7.24. The van der Waals surface area contributed by atoms with E-state index in [-0.39, 0.29) is 24.0 Å². The summed E-state index contributed by atoms with van der Waals surface area (Å²) in [6.45, 7) is 2.10. The molecule has 25 heavy (non-hydrogen) atoms. The van der Waals surface area contributed by atoms with Crippen LogP contribution < -0.4 is 0 Å². The Morgan fingerprint density at radius 2 is 1.64 bits per heavy atom. The standard InChI is InChI=1S/C20H34O5/c1-2-3-6-9-15(21)12-13-17-16(18(22)14-19(17)23)10-7-4-5-8-11-20(24)25/h12-13,16-19,22-23H,2-11,14H2,1H3,(H,24,25)/b13-12+/t16-,17-,18-,19-/m1/s1. The Labute approximate surface area is 151 Å². The van der Waals surface area contributed by atoms with Gasteiger partial charge in [-0.15, -0.1) is 0 Å². The van der Waals surface area contributed by atoms with Crippen LogP contribution >= 0.6 is 0 Å². The van der Waals surface area contributed by atoms with Crippen LogP contribution in [0.15, 0.2) is 12.2 Å². The molecule has 1 fully saturated rings. The van der Waals surface area contributed by atoms with E-state index in [1.54, 1.807) is 12.2 Å². The summed E-state index contributed by atoms with van der Waals surface area (Å²) in [4.78, 5) is 22.4. The molecule has 1 aliphatic carbocycles. The average molecular weight is 354 g/mol. The highest BCUT2D eigenvalue weighted by Crippen LogP contribution is 2.37. The second kappa shape index (κ2) is 12.2. The molecule has 1 rings (SSSR count). The number of carboxylic acid groups (broad SMARTS) is 1. The number of aliphatic hydroxyl groups is 2. The Morgan fingerprint density at radius 1 is 0.960 bits per heavy atom. The van der Waals surface area contributed by atoms with Gasteiger partial charge < -0.3 is 15.3 Å². The molecule has 0 aliphatic heterocycles. The van der Waals surface area contributed by atoms with E-state index in [0.29, 0.717) is 19.3 Å². The van der Waals surface area contributed by atoms with Crippen LogP contribution in [0.5, 0.6) is 0 Å². The number of carbonyl (C=O) groups excluding carboxylic acids is 1. The third-order valence-electron chi connectivity index (χ3n) is 5.13. The molecule has 144 valence electrons.